The van der Waals surface area contributed by atoms with E-state index in [4.69, 9.17) is 0 Å². The van der Waals surface area contributed by atoms with E-state index in [9.17, 15) is 0 Å². The smallest absolute Gasteiger partial charge is 0.164 e. The second kappa shape index (κ2) is 4.83. The largest absolute Gasteiger partial charge is 0.313 e. The second-order valence-corrected chi connectivity index (χ2v) is 5.08. The first-order valence-corrected chi connectivity index (χ1v) is 6.54. The van der Waals surface area contributed by atoms with Crippen LogP contribution in [0.5, 0.6) is 0 Å². The Hall–Kier alpha value is -1.79. The lowest BCUT2D eigenvalue weighted by Crippen LogP contribution is -2.08. The van der Waals surface area contributed by atoms with Gasteiger partial charge >= 0.3 is 0 Å². The molecule has 0 fully saturated rings. The molecule has 0 saturated carbocycles. The van der Waals surface area contributed by atoms with Crippen molar-refractivity contribution in [1.82, 2.24) is 25.1 Å². The molecule has 0 unspecified atom stereocenters. The molecule has 0 spiro atoms. The summed E-state index contributed by atoms with van der Waals surface area (Å²) in [7, 11) is 1.88. The molecule has 0 aliphatic heterocycles. The summed E-state index contributed by atoms with van der Waals surface area (Å²) in [5, 5.41) is 8.46. The first-order valence-electron chi connectivity index (χ1n) is 5.72. The van der Waals surface area contributed by atoms with Crippen LogP contribution in [-0.2, 0) is 13.1 Å². The van der Waals surface area contributed by atoms with Gasteiger partial charge in [0.05, 0.1) is 23.3 Å². The number of hydrogen-bond acceptors (Lipinski definition) is 5. The highest BCUT2D eigenvalue weighted by Crippen LogP contribution is 2.21. The van der Waals surface area contributed by atoms with Crippen molar-refractivity contribution in [3.05, 3.63) is 41.4 Å². The molecule has 0 radical (unpaired) electrons. The Morgan fingerprint density at radius 2 is 2.22 bits per heavy atom. The molecule has 2 heterocycles. The Balaban J connectivity index is 1.82. The molecule has 0 saturated heterocycles. The van der Waals surface area contributed by atoms with E-state index in [1.807, 2.05) is 29.9 Å². The average Bonchev–Trinajstić information content (AvgIpc) is 2.96. The van der Waals surface area contributed by atoms with Crippen LogP contribution >= 0.6 is 11.3 Å². The van der Waals surface area contributed by atoms with E-state index in [-0.39, 0.29) is 0 Å². The number of thiazole rings is 1. The molecule has 6 heteroatoms. The van der Waals surface area contributed by atoms with Gasteiger partial charge in [0.15, 0.2) is 5.82 Å². The van der Waals surface area contributed by atoms with E-state index in [0.29, 0.717) is 13.1 Å². The van der Waals surface area contributed by atoms with Crippen LogP contribution in [0.15, 0.2) is 30.6 Å². The summed E-state index contributed by atoms with van der Waals surface area (Å²) in [6.07, 6.45) is 1.75. The average molecular weight is 259 g/mol. The van der Waals surface area contributed by atoms with Crippen molar-refractivity contribution in [2.75, 3.05) is 7.05 Å². The van der Waals surface area contributed by atoms with Crippen LogP contribution in [0, 0.1) is 0 Å². The third kappa shape index (κ3) is 2.25. The number of para-hydroxylation sites is 1. The van der Waals surface area contributed by atoms with Gasteiger partial charge in [0.25, 0.3) is 0 Å². The number of rotatable bonds is 4. The van der Waals surface area contributed by atoms with E-state index in [2.05, 4.69) is 26.4 Å². The lowest BCUT2D eigenvalue weighted by Gasteiger charge is -1.95. The summed E-state index contributed by atoms with van der Waals surface area (Å²) < 4.78 is 3.03. The van der Waals surface area contributed by atoms with Gasteiger partial charge in [0.1, 0.15) is 11.3 Å². The SMILES string of the molecule is CNCc1ncn(Cc2nc3ccccc3s2)n1. The number of nitrogens with one attached hydrogen (secondary N) is 1. The summed E-state index contributed by atoms with van der Waals surface area (Å²) >= 11 is 1.70. The lowest BCUT2D eigenvalue weighted by molar-refractivity contribution is 0.657. The Labute approximate surface area is 109 Å². The summed E-state index contributed by atoms with van der Waals surface area (Å²) in [6, 6.07) is 8.16. The fourth-order valence-corrected chi connectivity index (χ4v) is 2.73. The molecule has 2 aromatic heterocycles. The predicted molar refractivity (Wildman–Crippen MR) is 71.5 cm³/mol. The zero-order valence-corrected chi connectivity index (χ0v) is 10.8. The van der Waals surface area contributed by atoms with Gasteiger partial charge in [0, 0.05) is 0 Å². The van der Waals surface area contributed by atoms with Crippen molar-refractivity contribution in [2.45, 2.75) is 13.1 Å². The van der Waals surface area contributed by atoms with Gasteiger partial charge in [-0.1, -0.05) is 12.1 Å². The molecule has 0 aliphatic carbocycles. The molecule has 3 aromatic rings. The standard InChI is InChI=1S/C12H13N5S/c1-13-6-11-14-8-17(16-11)7-12-15-9-4-2-3-5-10(9)18-12/h2-5,8,13H,6-7H2,1H3. The van der Waals surface area contributed by atoms with Crippen LogP contribution in [0.25, 0.3) is 10.2 Å². The molecule has 3 rings (SSSR count). The predicted octanol–water partition coefficient (Wildman–Crippen LogP) is 1.66. The quantitative estimate of drug-likeness (QED) is 0.774. The molecule has 5 nitrogen and oxygen atoms in total. The normalized spacial score (nSPS) is 11.2. The molecule has 92 valence electrons. The van der Waals surface area contributed by atoms with E-state index < -0.39 is 0 Å². The Morgan fingerprint density at radius 3 is 3.06 bits per heavy atom. The van der Waals surface area contributed by atoms with Crippen LogP contribution in [-0.4, -0.2) is 26.8 Å². The summed E-state index contributed by atoms with van der Waals surface area (Å²) in [6.45, 7) is 1.36. The van der Waals surface area contributed by atoms with Gasteiger partial charge in [-0.25, -0.2) is 14.6 Å². The van der Waals surface area contributed by atoms with Crippen molar-refractivity contribution < 1.29 is 0 Å². The van der Waals surface area contributed by atoms with Crippen molar-refractivity contribution in [3.63, 3.8) is 0 Å². The van der Waals surface area contributed by atoms with Crippen LogP contribution in [0.3, 0.4) is 0 Å². The third-order valence-electron chi connectivity index (χ3n) is 2.55. The van der Waals surface area contributed by atoms with E-state index in [1.165, 1.54) is 4.70 Å². The molecular formula is C12H13N5S. The van der Waals surface area contributed by atoms with E-state index in [0.717, 1.165) is 16.3 Å². The molecule has 0 aliphatic rings. The van der Waals surface area contributed by atoms with Crippen molar-refractivity contribution in [3.8, 4) is 0 Å². The molecule has 1 N–H and O–H groups in total. The van der Waals surface area contributed by atoms with E-state index >= 15 is 0 Å². The highest BCUT2D eigenvalue weighted by Gasteiger charge is 2.05. The summed E-state index contributed by atoms with van der Waals surface area (Å²) in [4.78, 5) is 8.80. The highest BCUT2D eigenvalue weighted by molar-refractivity contribution is 7.18. The Morgan fingerprint density at radius 1 is 1.33 bits per heavy atom. The molecule has 0 bridgehead atoms. The number of fused-ring (bicyclic) bond motifs is 1. The lowest BCUT2D eigenvalue weighted by atomic mass is 10.3. The maximum absolute atomic E-state index is 4.58. The van der Waals surface area contributed by atoms with E-state index in [1.54, 1.807) is 17.7 Å². The van der Waals surface area contributed by atoms with Gasteiger partial charge in [-0.05, 0) is 19.2 Å². The topological polar surface area (TPSA) is 55.6 Å². The fourth-order valence-electron chi connectivity index (χ4n) is 1.77. The minimum absolute atomic E-state index is 0.677. The second-order valence-electron chi connectivity index (χ2n) is 3.96. The first kappa shape index (κ1) is 11.3. The maximum Gasteiger partial charge on any atom is 0.164 e. The van der Waals surface area contributed by atoms with Crippen molar-refractivity contribution >= 4 is 21.6 Å². The van der Waals surface area contributed by atoms with Gasteiger partial charge in [-0.15, -0.1) is 11.3 Å². The van der Waals surface area contributed by atoms with Crippen LogP contribution in [0.2, 0.25) is 0 Å². The molecule has 0 atom stereocenters. The van der Waals surface area contributed by atoms with Gasteiger partial charge < -0.3 is 5.32 Å². The molecular weight excluding hydrogens is 246 g/mol. The monoisotopic (exact) mass is 259 g/mol. The fraction of sp³-hybridized carbons (Fsp3) is 0.250. The minimum atomic E-state index is 0.677. The number of hydrogen-bond donors (Lipinski definition) is 1. The summed E-state index contributed by atoms with van der Waals surface area (Å²) in [5.74, 6) is 0.804. The van der Waals surface area contributed by atoms with Crippen molar-refractivity contribution in [1.29, 1.82) is 0 Å². The Bertz CT molecular complexity index is 624. The van der Waals surface area contributed by atoms with Gasteiger partial charge in [-0.2, -0.15) is 5.10 Å². The third-order valence-corrected chi connectivity index (χ3v) is 3.58. The number of aromatic nitrogens is 4. The summed E-state index contributed by atoms with van der Waals surface area (Å²) in [5.41, 5.74) is 1.05. The zero-order valence-electron chi connectivity index (χ0n) is 10.00. The molecule has 1 aromatic carbocycles. The zero-order chi connectivity index (χ0) is 12.4. The van der Waals surface area contributed by atoms with Gasteiger partial charge in [-0.3, -0.25) is 0 Å². The van der Waals surface area contributed by atoms with Crippen LogP contribution < -0.4 is 5.32 Å². The first-order chi connectivity index (χ1) is 8.85. The molecule has 18 heavy (non-hydrogen) atoms. The number of nitrogens with zero attached hydrogens (tertiary/aromatic N) is 4. The maximum atomic E-state index is 4.58. The molecule has 0 amide bonds. The van der Waals surface area contributed by atoms with Gasteiger partial charge in [0.2, 0.25) is 0 Å². The highest BCUT2D eigenvalue weighted by atomic mass is 32.1. The Kier molecular flexibility index (Phi) is 3.04. The number of benzene rings is 1. The van der Waals surface area contributed by atoms with Crippen LogP contribution in [0.4, 0.5) is 0 Å². The van der Waals surface area contributed by atoms with Crippen LogP contribution in [0.1, 0.15) is 10.8 Å². The van der Waals surface area contributed by atoms with Crippen molar-refractivity contribution in [2.24, 2.45) is 0 Å². The minimum Gasteiger partial charge on any atom is -0.313 e.